The molecule has 0 radical (unpaired) electrons. The van der Waals surface area contributed by atoms with Crippen LogP contribution < -0.4 is 14.7 Å². The third kappa shape index (κ3) is 3.56. The topological polar surface area (TPSA) is 9.72 Å². The van der Waals surface area contributed by atoms with Crippen molar-refractivity contribution >= 4 is 17.1 Å². The van der Waals surface area contributed by atoms with E-state index in [1.54, 1.807) is 0 Å². The molecule has 0 aliphatic rings. The van der Waals surface area contributed by atoms with Gasteiger partial charge >= 0.3 is 0 Å². The fourth-order valence-electron chi connectivity index (χ4n) is 2.09. The highest BCUT2D eigenvalue weighted by molar-refractivity contribution is 5.80. The summed E-state index contributed by atoms with van der Waals surface area (Å²) in [5.41, 5.74) is 5.14. The molecule has 0 unspecified atom stereocenters. The highest BCUT2D eigenvalue weighted by Crippen LogP contribution is 2.35. The lowest BCUT2D eigenvalue weighted by Crippen LogP contribution is -2.20. The van der Waals surface area contributed by atoms with Gasteiger partial charge in [-0.15, -0.1) is 0 Å². The van der Waals surface area contributed by atoms with Gasteiger partial charge in [-0.25, -0.2) is 0 Å². The van der Waals surface area contributed by atoms with E-state index >= 15 is 0 Å². The van der Waals surface area contributed by atoms with Crippen LogP contribution >= 0.6 is 0 Å². The predicted octanol–water partition coefficient (Wildman–Crippen LogP) is 3.22. The van der Waals surface area contributed by atoms with Crippen LogP contribution in [0.1, 0.15) is 19.4 Å². The number of nitrogens with zero attached hydrogens (tertiary/aromatic N) is 3. The molecule has 0 aliphatic heterocycles. The fourth-order valence-corrected chi connectivity index (χ4v) is 2.09. The monoisotopic (exact) mass is 251 g/mol. The normalized spacial score (nSPS) is 9.39. The van der Waals surface area contributed by atoms with E-state index < -0.39 is 0 Å². The molecule has 0 saturated heterocycles. The Balaban J connectivity index is 0.00000137. The first kappa shape index (κ1) is 16.6. The Morgan fingerprint density at radius 1 is 0.667 bits per heavy atom. The SMILES string of the molecule is CC.Cc1c(N(C)C)ccc(N(C)C)c1N(C)C. The molecular formula is C15H29N3. The van der Waals surface area contributed by atoms with Gasteiger partial charge in [-0.2, -0.15) is 0 Å². The second kappa shape index (κ2) is 7.14. The van der Waals surface area contributed by atoms with Gasteiger partial charge in [0.2, 0.25) is 0 Å². The minimum atomic E-state index is 1.26. The third-order valence-electron chi connectivity index (χ3n) is 2.79. The quantitative estimate of drug-likeness (QED) is 0.816. The number of hydrogen-bond donors (Lipinski definition) is 0. The maximum Gasteiger partial charge on any atom is 0.0649 e. The molecule has 1 rings (SSSR count). The van der Waals surface area contributed by atoms with E-state index in [2.05, 4.69) is 76.0 Å². The molecule has 18 heavy (non-hydrogen) atoms. The van der Waals surface area contributed by atoms with Crippen LogP contribution in [0, 0.1) is 6.92 Å². The molecule has 0 N–H and O–H groups in total. The van der Waals surface area contributed by atoms with Crippen molar-refractivity contribution in [2.75, 3.05) is 57.0 Å². The molecule has 0 amide bonds. The summed E-state index contributed by atoms with van der Waals surface area (Å²) >= 11 is 0. The van der Waals surface area contributed by atoms with E-state index in [1.807, 2.05) is 13.8 Å². The van der Waals surface area contributed by atoms with E-state index in [9.17, 15) is 0 Å². The molecule has 0 aliphatic carbocycles. The average molecular weight is 251 g/mol. The second-order valence-electron chi connectivity index (χ2n) is 4.76. The van der Waals surface area contributed by atoms with Gasteiger partial charge in [0.25, 0.3) is 0 Å². The van der Waals surface area contributed by atoms with E-state index in [4.69, 9.17) is 0 Å². The van der Waals surface area contributed by atoms with Crippen LogP contribution in [0.15, 0.2) is 12.1 Å². The van der Waals surface area contributed by atoms with Crippen LogP contribution in [0.2, 0.25) is 0 Å². The molecule has 1 aromatic carbocycles. The summed E-state index contributed by atoms with van der Waals surface area (Å²) in [6.07, 6.45) is 0. The van der Waals surface area contributed by atoms with Crippen molar-refractivity contribution in [2.45, 2.75) is 20.8 Å². The summed E-state index contributed by atoms with van der Waals surface area (Å²) in [7, 11) is 12.5. The van der Waals surface area contributed by atoms with Crippen molar-refractivity contribution in [1.82, 2.24) is 0 Å². The molecule has 0 atom stereocenters. The molecule has 0 bridgehead atoms. The molecule has 0 fully saturated rings. The Bertz CT molecular complexity index is 368. The first-order valence-electron chi connectivity index (χ1n) is 6.51. The molecule has 104 valence electrons. The van der Waals surface area contributed by atoms with Crippen LogP contribution in [0.3, 0.4) is 0 Å². The van der Waals surface area contributed by atoms with E-state index in [1.165, 1.54) is 22.6 Å². The lowest BCUT2D eigenvalue weighted by atomic mass is 10.1. The van der Waals surface area contributed by atoms with Crippen molar-refractivity contribution < 1.29 is 0 Å². The minimum Gasteiger partial charge on any atom is -0.377 e. The summed E-state index contributed by atoms with van der Waals surface area (Å²) in [5.74, 6) is 0. The molecule has 1 aromatic rings. The zero-order valence-corrected chi connectivity index (χ0v) is 13.5. The van der Waals surface area contributed by atoms with Crippen molar-refractivity contribution in [3.05, 3.63) is 17.7 Å². The summed E-state index contributed by atoms with van der Waals surface area (Å²) < 4.78 is 0. The summed E-state index contributed by atoms with van der Waals surface area (Å²) in [5, 5.41) is 0. The molecular weight excluding hydrogens is 222 g/mol. The van der Waals surface area contributed by atoms with E-state index in [0.29, 0.717) is 0 Å². The Morgan fingerprint density at radius 3 is 1.39 bits per heavy atom. The summed E-state index contributed by atoms with van der Waals surface area (Å²) in [4.78, 5) is 6.49. The van der Waals surface area contributed by atoms with Crippen LogP contribution in [0.25, 0.3) is 0 Å². The number of rotatable bonds is 3. The third-order valence-corrected chi connectivity index (χ3v) is 2.79. The molecule has 3 nitrogen and oxygen atoms in total. The van der Waals surface area contributed by atoms with Gasteiger partial charge < -0.3 is 14.7 Å². The van der Waals surface area contributed by atoms with Gasteiger partial charge in [0.1, 0.15) is 0 Å². The summed E-state index contributed by atoms with van der Waals surface area (Å²) in [6, 6.07) is 4.36. The lowest BCUT2D eigenvalue weighted by Gasteiger charge is -2.28. The van der Waals surface area contributed by atoms with Gasteiger partial charge in [0.15, 0.2) is 0 Å². The van der Waals surface area contributed by atoms with Crippen molar-refractivity contribution in [1.29, 1.82) is 0 Å². The van der Waals surface area contributed by atoms with Crippen LogP contribution in [0.4, 0.5) is 17.1 Å². The molecule has 0 aromatic heterocycles. The first-order valence-corrected chi connectivity index (χ1v) is 6.51. The number of hydrogen-bond acceptors (Lipinski definition) is 3. The summed E-state index contributed by atoms with van der Waals surface area (Å²) in [6.45, 7) is 6.18. The molecule has 0 saturated carbocycles. The van der Waals surface area contributed by atoms with Crippen LogP contribution in [-0.4, -0.2) is 42.3 Å². The zero-order chi connectivity index (χ0) is 14.5. The standard InChI is InChI=1S/C13H23N3.C2H6/c1-10-11(14(2)3)8-9-12(15(4)5)13(10)16(6)7;1-2/h8-9H,1-7H3;1-2H3. The van der Waals surface area contributed by atoms with E-state index in [-0.39, 0.29) is 0 Å². The average Bonchev–Trinajstić information content (AvgIpc) is 2.29. The van der Waals surface area contributed by atoms with E-state index in [0.717, 1.165) is 0 Å². The molecule has 0 spiro atoms. The molecule has 0 heterocycles. The highest BCUT2D eigenvalue weighted by Gasteiger charge is 2.13. The van der Waals surface area contributed by atoms with Gasteiger partial charge in [0.05, 0.1) is 11.4 Å². The predicted molar refractivity (Wildman–Crippen MR) is 85.5 cm³/mol. The lowest BCUT2D eigenvalue weighted by molar-refractivity contribution is 1.05. The largest absolute Gasteiger partial charge is 0.377 e. The van der Waals surface area contributed by atoms with Crippen molar-refractivity contribution in [2.24, 2.45) is 0 Å². The Morgan fingerprint density at radius 2 is 1.06 bits per heavy atom. The Hall–Kier alpha value is -1.38. The van der Waals surface area contributed by atoms with Crippen LogP contribution in [-0.2, 0) is 0 Å². The number of benzene rings is 1. The maximum absolute atomic E-state index is 2.18. The Labute approximate surface area is 113 Å². The first-order chi connectivity index (χ1) is 8.36. The second-order valence-corrected chi connectivity index (χ2v) is 4.76. The smallest absolute Gasteiger partial charge is 0.0649 e. The number of anilines is 3. The van der Waals surface area contributed by atoms with Gasteiger partial charge in [-0.3, -0.25) is 0 Å². The van der Waals surface area contributed by atoms with Gasteiger partial charge in [-0.05, 0) is 24.6 Å². The maximum atomic E-state index is 2.18. The van der Waals surface area contributed by atoms with Crippen molar-refractivity contribution in [3.63, 3.8) is 0 Å². The minimum absolute atomic E-state index is 1.26. The fraction of sp³-hybridized carbons (Fsp3) is 0.600. The molecule has 3 heteroatoms. The van der Waals surface area contributed by atoms with Gasteiger partial charge in [0, 0.05) is 48.0 Å². The van der Waals surface area contributed by atoms with Gasteiger partial charge in [-0.1, -0.05) is 13.8 Å². The Kier molecular flexibility index (Phi) is 6.60. The van der Waals surface area contributed by atoms with Crippen LogP contribution in [0.5, 0.6) is 0 Å². The zero-order valence-electron chi connectivity index (χ0n) is 13.5. The highest BCUT2D eigenvalue weighted by atomic mass is 15.1. The van der Waals surface area contributed by atoms with Crippen molar-refractivity contribution in [3.8, 4) is 0 Å².